The van der Waals surface area contributed by atoms with Crippen LogP contribution in [0.15, 0.2) is 22.8 Å². The van der Waals surface area contributed by atoms with Gasteiger partial charge in [-0.2, -0.15) is 0 Å². The first kappa shape index (κ1) is 13.6. The van der Waals surface area contributed by atoms with Gasteiger partial charge in [-0.05, 0) is 50.9 Å². The molecule has 0 spiro atoms. The lowest BCUT2D eigenvalue weighted by atomic mass is 10.0. The molecule has 2 atom stereocenters. The van der Waals surface area contributed by atoms with Crippen molar-refractivity contribution in [1.29, 1.82) is 0 Å². The Labute approximate surface area is 111 Å². The van der Waals surface area contributed by atoms with Gasteiger partial charge in [0.15, 0.2) is 0 Å². The van der Waals surface area contributed by atoms with E-state index in [4.69, 9.17) is 4.42 Å². The molecule has 3 heteroatoms. The van der Waals surface area contributed by atoms with Gasteiger partial charge in [-0.1, -0.05) is 13.8 Å². The monoisotopic (exact) mass is 250 g/mol. The van der Waals surface area contributed by atoms with Crippen molar-refractivity contribution in [2.24, 2.45) is 5.92 Å². The van der Waals surface area contributed by atoms with Crippen LogP contribution < -0.4 is 5.32 Å². The summed E-state index contributed by atoms with van der Waals surface area (Å²) in [7, 11) is 0. The number of nitrogens with one attached hydrogen (secondary N) is 1. The van der Waals surface area contributed by atoms with Crippen molar-refractivity contribution in [1.82, 2.24) is 10.2 Å². The summed E-state index contributed by atoms with van der Waals surface area (Å²) in [6, 6.07) is 5.43. The molecule has 1 heterocycles. The zero-order valence-electron chi connectivity index (χ0n) is 11.9. The Morgan fingerprint density at radius 1 is 1.44 bits per heavy atom. The summed E-state index contributed by atoms with van der Waals surface area (Å²) in [5.74, 6) is 1.75. The van der Waals surface area contributed by atoms with Crippen LogP contribution in [0.2, 0.25) is 0 Å². The third kappa shape index (κ3) is 3.59. The minimum Gasteiger partial charge on any atom is -0.468 e. The second kappa shape index (κ2) is 6.39. The number of hydrogen-bond acceptors (Lipinski definition) is 3. The van der Waals surface area contributed by atoms with Crippen molar-refractivity contribution in [3.63, 3.8) is 0 Å². The molecule has 1 N–H and O–H groups in total. The fourth-order valence-electron chi connectivity index (χ4n) is 2.46. The smallest absolute Gasteiger partial charge is 0.117 e. The molecule has 0 amide bonds. The van der Waals surface area contributed by atoms with E-state index in [2.05, 4.69) is 37.1 Å². The van der Waals surface area contributed by atoms with Gasteiger partial charge in [0.25, 0.3) is 0 Å². The zero-order valence-corrected chi connectivity index (χ0v) is 11.9. The first-order valence-electron chi connectivity index (χ1n) is 7.21. The van der Waals surface area contributed by atoms with Crippen LogP contribution in [0.3, 0.4) is 0 Å². The highest BCUT2D eigenvalue weighted by Gasteiger charge is 2.34. The molecule has 0 bridgehead atoms. The number of furan rings is 1. The third-order valence-electron chi connectivity index (χ3n) is 4.00. The summed E-state index contributed by atoms with van der Waals surface area (Å²) >= 11 is 0. The first-order valence-corrected chi connectivity index (χ1v) is 7.21. The highest BCUT2D eigenvalue weighted by atomic mass is 16.3. The van der Waals surface area contributed by atoms with Crippen LogP contribution in [0.4, 0.5) is 0 Å². The first-order chi connectivity index (χ1) is 8.72. The largest absolute Gasteiger partial charge is 0.468 e. The molecule has 0 saturated heterocycles. The van der Waals surface area contributed by atoms with Crippen molar-refractivity contribution in [3.05, 3.63) is 24.2 Å². The summed E-state index contributed by atoms with van der Waals surface area (Å²) in [6.45, 7) is 9.96. The molecule has 0 radical (unpaired) electrons. The Balaban J connectivity index is 1.92. The van der Waals surface area contributed by atoms with Crippen LogP contribution >= 0.6 is 0 Å². The Hall–Kier alpha value is -0.800. The van der Waals surface area contributed by atoms with E-state index in [0.717, 1.165) is 31.4 Å². The molecule has 0 aliphatic heterocycles. The molecular weight excluding hydrogens is 224 g/mol. The molecule has 1 aromatic heterocycles. The summed E-state index contributed by atoms with van der Waals surface area (Å²) in [5, 5.41) is 3.45. The van der Waals surface area contributed by atoms with Gasteiger partial charge >= 0.3 is 0 Å². The Morgan fingerprint density at radius 2 is 2.22 bits per heavy atom. The van der Waals surface area contributed by atoms with Gasteiger partial charge in [0.1, 0.15) is 5.76 Å². The van der Waals surface area contributed by atoms with Crippen molar-refractivity contribution < 1.29 is 4.42 Å². The topological polar surface area (TPSA) is 28.4 Å². The summed E-state index contributed by atoms with van der Waals surface area (Å²) in [4.78, 5) is 2.61. The van der Waals surface area contributed by atoms with Gasteiger partial charge in [0, 0.05) is 12.1 Å². The molecule has 1 aliphatic carbocycles. The molecule has 2 unspecified atom stereocenters. The lowest BCUT2D eigenvalue weighted by Gasteiger charge is -2.33. The van der Waals surface area contributed by atoms with E-state index >= 15 is 0 Å². The average molecular weight is 250 g/mol. The van der Waals surface area contributed by atoms with Gasteiger partial charge in [-0.3, -0.25) is 4.90 Å². The van der Waals surface area contributed by atoms with Crippen molar-refractivity contribution >= 4 is 0 Å². The van der Waals surface area contributed by atoms with Gasteiger partial charge in [0.2, 0.25) is 0 Å². The third-order valence-corrected chi connectivity index (χ3v) is 4.00. The summed E-state index contributed by atoms with van der Waals surface area (Å²) in [5.41, 5.74) is 0. The zero-order chi connectivity index (χ0) is 13.0. The van der Waals surface area contributed by atoms with Gasteiger partial charge in [-0.25, -0.2) is 0 Å². The van der Waals surface area contributed by atoms with Crippen LogP contribution in [-0.2, 0) is 6.54 Å². The molecule has 0 aromatic carbocycles. The maximum atomic E-state index is 5.50. The Bertz CT molecular complexity index is 332. The predicted octanol–water partition coefficient (Wildman–Crippen LogP) is 2.88. The van der Waals surface area contributed by atoms with Crippen LogP contribution in [0, 0.1) is 5.92 Å². The molecule has 1 aromatic rings. The summed E-state index contributed by atoms with van der Waals surface area (Å²) < 4.78 is 5.50. The normalized spacial score (nSPS) is 19.1. The van der Waals surface area contributed by atoms with Gasteiger partial charge in [0.05, 0.1) is 12.8 Å². The molecular formula is C15H26N2O. The predicted molar refractivity (Wildman–Crippen MR) is 74.4 cm³/mol. The SMILES string of the molecule is CCNCC(C)C(C)N(Cc1ccco1)C1CC1. The molecule has 102 valence electrons. The summed E-state index contributed by atoms with van der Waals surface area (Å²) in [6.07, 6.45) is 4.46. The second-order valence-corrected chi connectivity index (χ2v) is 5.51. The van der Waals surface area contributed by atoms with Crippen LogP contribution in [-0.4, -0.2) is 30.1 Å². The highest BCUT2D eigenvalue weighted by molar-refractivity contribution is 5.01. The van der Waals surface area contributed by atoms with Crippen LogP contribution in [0.1, 0.15) is 39.4 Å². The molecule has 3 nitrogen and oxygen atoms in total. The van der Waals surface area contributed by atoms with Crippen LogP contribution in [0.25, 0.3) is 0 Å². The maximum absolute atomic E-state index is 5.50. The standard InChI is InChI=1S/C15H26N2O/c1-4-16-10-12(2)13(3)17(14-7-8-14)11-15-6-5-9-18-15/h5-6,9,12-14,16H,4,7-8,10-11H2,1-3H3. The minimum absolute atomic E-state index is 0.599. The minimum atomic E-state index is 0.599. The van der Waals surface area contributed by atoms with Crippen molar-refractivity contribution in [2.75, 3.05) is 13.1 Å². The lowest BCUT2D eigenvalue weighted by molar-refractivity contribution is 0.132. The van der Waals surface area contributed by atoms with E-state index < -0.39 is 0 Å². The lowest BCUT2D eigenvalue weighted by Crippen LogP contribution is -2.42. The average Bonchev–Trinajstić information content (AvgIpc) is 3.09. The number of rotatable bonds is 8. The maximum Gasteiger partial charge on any atom is 0.117 e. The van der Waals surface area contributed by atoms with E-state index in [1.54, 1.807) is 6.26 Å². The Kier molecular flexibility index (Phi) is 4.84. The van der Waals surface area contributed by atoms with E-state index in [1.165, 1.54) is 12.8 Å². The van der Waals surface area contributed by atoms with Gasteiger partial charge in [-0.15, -0.1) is 0 Å². The number of nitrogens with zero attached hydrogens (tertiary/aromatic N) is 1. The molecule has 1 aliphatic rings. The van der Waals surface area contributed by atoms with E-state index in [1.807, 2.05) is 6.07 Å². The van der Waals surface area contributed by atoms with Gasteiger partial charge < -0.3 is 9.73 Å². The Morgan fingerprint density at radius 3 is 2.78 bits per heavy atom. The molecule has 18 heavy (non-hydrogen) atoms. The molecule has 2 rings (SSSR count). The highest BCUT2D eigenvalue weighted by Crippen LogP contribution is 2.32. The number of hydrogen-bond donors (Lipinski definition) is 1. The second-order valence-electron chi connectivity index (χ2n) is 5.51. The molecule has 1 saturated carbocycles. The quantitative estimate of drug-likeness (QED) is 0.769. The van der Waals surface area contributed by atoms with Crippen LogP contribution in [0.5, 0.6) is 0 Å². The van der Waals surface area contributed by atoms with E-state index in [0.29, 0.717) is 12.0 Å². The van der Waals surface area contributed by atoms with E-state index in [-0.39, 0.29) is 0 Å². The fraction of sp³-hybridized carbons (Fsp3) is 0.733. The van der Waals surface area contributed by atoms with Crippen molar-refractivity contribution in [2.45, 2.75) is 52.2 Å². The molecule has 1 fully saturated rings. The van der Waals surface area contributed by atoms with Crippen molar-refractivity contribution in [3.8, 4) is 0 Å². The fourth-order valence-corrected chi connectivity index (χ4v) is 2.46. The van der Waals surface area contributed by atoms with E-state index in [9.17, 15) is 0 Å².